The van der Waals surface area contributed by atoms with Gasteiger partial charge in [0.15, 0.2) is 0 Å². The predicted octanol–water partition coefficient (Wildman–Crippen LogP) is 6.19. The van der Waals surface area contributed by atoms with Crippen LogP contribution in [-0.2, 0) is 32.3 Å². The molecule has 0 aliphatic rings. The molecule has 0 saturated heterocycles. The molecule has 0 bridgehead atoms. The first-order valence-electron chi connectivity index (χ1n) is 13.2. The van der Waals surface area contributed by atoms with E-state index < -0.39 is 51.9 Å². The molecule has 42 heavy (non-hydrogen) atoms. The van der Waals surface area contributed by atoms with E-state index in [1.165, 1.54) is 36.1 Å². The largest absolute Gasteiger partial charge is 0.416 e. The minimum absolute atomic E-state index is 0.0518. The Balaban J connectivity index is 2.11. The molecule has 0 aliphatic heterocycles. The second kappa shape index (κ2) is 13.6. The zero-order chi connectivity index (χ0) is 31.2. The quantitative estimate of drug-likeness (QED) is 0.276. The molecule has 0 fully saturated rings. The number of carbonyl (C=O) groups is 2. The third kappa shape index (κ3) is 8.04. The highest BCUT2D eigenvalue weighted by molar-refractivity contribution is 7.92. The molecule has 0 spiro atoms. The Kier molecular flexibility index (Phi) is 10.7. The van der Waals surface area contributed by atoms with E-state index in [0.717, 1.165) is 17.7 Å². The summed E-state index contributed by atoms with van der Waals surface area (Å²) in [5, 5.41) is 2.52. The minimum atomic E-state index is -4.80. The van der Waals surface area contributed by atoms with Crippen LogP contribution < -0.4 is 9.62 Å². The summed E-state index contributed by atoms with van der Waals surface area (Å²) >= 11 is 6.27. The van der Waals surface area contributed by atoms with Gasteiger partial charge in [-0.1, -0.05) is 66.6 Å². The van der Waals surface area contributed by atoms with Crippen molar-refractivity contribution in [2.75, 3.05) is 10.8 Å². The Morgan fingerprint density at radius 3 is 2.17 bits per heavy atom. The number of benzene rings is 3. The third-order valence-corrected chi connectivity index (χ3v) is 8.89. The fourth-order valence-corrected chi connectivity index (χ4v) is 5.77. The molecular formula is C30H33ClF3N3O4S. The molecule has 0 unspecified atom stereocenters. The van der Waals surface area contributed by atoms with Crippen LogP contribution in [0.1, 0.15) is 43.9 Å². The molecule has 226 valence electrons. The van der Waals surface area contributed by atoms with Gasteiger partial charge in [-0.15, -0.1) is 0 Å². The lowest BCUT2D eigenvalue weighted by Crippen LogP contribution is -2.52. The maximum absolute atomic E-state index is 13.9. The molecule has 0 heterocycles. The van der Waals surface area contributed by atoms with Crippen molar-refractivity contribution in [3.8, 4) is 0 Å². The van der Waals surface area contributed by atoms with E-state index in [4.69, 9.17) is 11.6 Å². The van der Waals surface area contributed by atoms with E-state index in [0.29, 0.717) is 22.4 Å². The summed E-state index contributed by atoms with van der Waals surface area (Å²) in [7, 11) is -4.58. The SMILES string of the molecule is CC[C@@H](C)NC(=O)[C@H](C)N(Cc1ccc(C)cc1)C(=O)CN(c1cc(C(F)(F)F)ccc1Cl)S(=O)(=O)c1ccccc1. The third-order valence-electron chi connectivity index (χ3n) is 6.79. The van der Waals surface area contributed by atoms with Crippen LogP contribution in [0.25, 0.3) is 0 Å². The maximum Gasteiger partial charge on any atom is 0.416 e. The summed E-state index contributed by atoms with van der Waals surface area (Å²) in [6, 6.07) is 15.3. The van der Waals surface area contributed by atoms with Crippen LogP contribution in [-0.4, -0.2) is 43.8 Å². The molecule has 0 aliphatic carbocycles. The van der Waals surface area contributed by atoms with Crippen molar-refractivity contribution in [2.45, 2.75) is 63.8 Å². The van der Waals surface area contributed by atoms with Crippen molar-refractivity contribution in [1.82, 2.24) is 10.2 Å². The van der Waals surface area contributed by atoms with E-state index in [-0.39, 0.29) is 22.5 Å². The van der Waals surface area contributed by atoms with Crippen molar-refractivity contribution < 1.29 is 31.2 Å². The Morgan fingerprint density at radius 1 is 0.976 bits per heavy atom. The number of nitrogens with zero attached hydrogens (tertiary/aromatic N) is 2. The van der Waals surface area contributed by atoms with Crippen molar-refractivity contribution >= 4 is 39.1 Å². The number of amides is 2. The van der Waals surface area contributed by atoms with E-state index >= 15 is 0 Å². The number of halogens is 4. The van der Waals surface area contributed by atoms with E-state index in [1.54, 1.807) is 25.1 Å². The van der Waals surface area contributed by atoms with Crippen LogP contribution in [0.3, 0.4) is 0 Å². The van der Waals surface area contributed by atoms with Gasteiger partial charge in [-0.3, -0.25) is 13.9 Å². The fourth-order valence-electron chi connectivity index (χ4n) is 4.05. The minimum Gasteiger partial charge on any atom is -0.352 e. The Labute approximate surface area is 249 Å². The molecule has 0 aromatic heterocycles. The molecule has 7 nitrogen and oxygen atoms in total. The van der Waals surface area contributed by atoms with Crippen LogP contribution in [0.15, 0.2) is 77.7 Å². The van der Waals surface area contributed by atoms with Gasteiger partial charge in [0.25, 0.3) is 10.0 Å². The zero-order valence-corrected chi connectivity index (χ0v) is 25.2. The summed E-state index contributed by atoms with van der Waals surface area (Å²) in [4.78, 5) is 28.0. The number of hydrogen-bond acceptors (Lipinski definition) is 4. The van der Waals surface area contributed by atoms with Crippen LogP contribution in [0, 0.1) is 6.92 Å². The predicted molar refractivity (Wildman–Crippen MR) is 157 cm³/mol. The molecule has 2 atom stereocenters. The van der Waals surface area contributed by atoms with Crippen molar-refractivity contribution in [3.63, 3.8) is 0 Å². The molecule has 3 rings (SSSR count). The Morgan fingerprint density at radius 2 is 1.60 bits per heavy atom. The van der Waals surface area contributed by atoms with Gasteiger partial charge >= 0.3 is 6.18 Å². The molecule has 12 heteroatoms. The van der Waals surface area contributed by atoms with Crippen molar-refractivity contribution in [1.29, 1.82) is 0 Å². The number of carbonyl (C=O) groups excluding carboxylic acids is 2. The van der Waals surface area contributed by atoms with Crippen molar-refractivity contribution in [3.05, 3.63) is 94.5 Å². The number of anilines is 1. The first kappa shape index (κ1) is 32.9. The number of sulfonamides is 1. The summed E-state index contributed by atoms with van der Waals surface area (Å²) < 4.78 is 69.1. The monoisotopic (exact) mass is 623 g/mol. The molecule has 1 N–H and O–H groups in total. The molecule has 2 amide bonds. The molecule has 3 aromatic rings. The lowest BCUT2D eigenvalue weighted by atomic mass is 10.1. The van der Waals surface area contributed by atoms with Crippen LogP contribution in [0.4, 0.5) is 18.9 Å². The number of hydrogen-bond donors (Lipinski definition) is 1. The van der Waals surface area contributed by atoms with Crippen molar-refractivity contribution in [2.24, 2.45) is 0 Å². The fraction of sp³-hybridized carbons (Fsp3) is 0.333. The maximum atomic E-state index is 13.9. The summed E-state index contributed by atoms with van der Waals surface area (Å²) in [6.45, 7) is 6.13. The number of nitrogens with one attached hydrogen (secondary N) is 1. The normalized spacial score (nSPS) is 13.2. The van der Waals surface area contributed by atoms with Gasteiger partial charge in [-0.05, 0) is 63.1 Å². The van der Waals surface area contributed by atoms with E-state index in [9.17, 15) is 31.2 Å². The second-order valence-corrected chi connectivity index (χ2v) is 12.3. The van der Waals surface area contributed by atoms with E-state index in [2.05, 4.69) is 5.32 Å². The topological polar surface area (TPSA) is 86.8 Å². The van der Waals surface area contributed by atoms with Gasteiger partial charge in [0.1, 0.15) is 12.6 Å². The average Bonchev–Trinajstić information content (AvgIpc) is 2.95. The summed E-state index contributed by atoms with van der Waals surface area (Å²) in [6.07, 6.45) is -4.16. The molecular weight excluding hydrogens is 591 g/mol. The highest BCUT2D eigenvalue weighted by Gasteiger charge is 2.36. The highest BCUT2D eigenvalue weighted by Crippen LogP contribution is 2.37. The number of rotatable bonds is 11. The molecule has 0 saturated carbocycles. The summed E-state index contributed by atoms with van der Waals surface area (Å²) in [5.41, 5.74) is -0.0127. The van der Waals surface area contributed by atoms with Gasteiger partial charge < -0.3 is 10.2 Å². The number of aryl methyl sites for hydroxylation is 1. The zero-order valence-electron chi connectivity index (χ0n) is 23.7. The van der Waals surface area contributed by atoms with E-state index in [1.807, 2.05) is 26.0 Å². The van der Waals surface area contributed by atoms with Crippen LogP contribution in [0.2, 0.25) is 5.02 Å². The first-order chi connectivity index (χ1) is 19.6. The van der Waals surface area contributed by atoms with Gasteiger partial charge in [0.2, 0.25) is 11.8 Å². The average molecular weight is 624 g/mol. The smallest absolute Gasteiger partial charge is 0.352 e. The van der Waals surface area contributed by atoms with Crippen LogP contribution >= 0.6 is 11.6 Å². The Bertz CT molecular complexity index is 1500. The second-order valence-electron chi connectivity index (χ2n) is 9.99. The molecule has 0 radical (unpaired) electrons. The standard InChI is InChI=1S/C30H33ClF3N3O4S/c1-5-21(3)35-29(39)22(4)36(18-23-13-11-20(2)12-14-23)28(38)19-37(42(40,41)25-9-7-6-8-10-25)27-17-24(30(32,33)34)15-16-26(27)31/h6-17,21-22H,5,18-19H2,1-4H3,(H,35,39)/t21-,22+/m1/s1. The van der Waals surface area contributed by atoms with Gasteiger partial charge in [-0.25, -0.2) is 8.42 Å². The highest BCUT2D eigenvalue weighted by atomic mass is 35.5. The van der Waals surface area contributed by atoms with Gasteiger partial charge in [-0.2, -0.15) is 13.2 Å². The Hall–Kier alpha value is -3.57. The van der Waals surface area contributed by atoms with Crippen LogP contribution in [0.5, 0.6) is 0 Å². The van der Waals surface area contributed by atoms with Gasteiger partial charge in [0, 0.05) is 12.6 Å². The van der Waals surface area contributed by atoms with Gasteiger partial charge in [0.05, 0.1) is 21.2 Å². The summed E-state index contributed by atoms with van der Waals surface area (Å²) in [5.74, 6) is -1.27. The molecule has 3 aromatic carbocycles. The lowest BCUT2D eigenvalue weighted by molar-refractivity contribution is -0.139. The first-order valence-corrected chi connectivity index (χ1v) is 15.1. The lowest BCUT2D eigenvalue weighted by Gasteiger charge is -2.33. The number of alkyl halides is 3.